The summed E-state index contributed by atoms with van der Waals surface area (Å²) in [6.45, 7) is 8.77. The second kappa shape index (κ2) is 10.6. The molecule has 1 aromatic rings. The first-order chi connectivity index (χ1) is 11.4. The quantitative estimate of drug-likeness (QED) is 0.346. The Hall–Kier alpha value is -1.25. The zero-order valence-electron chi connectivity index (χ0n) is 15.0. The van der Waals surface area contributed by atoms with E-state index >= 15 is 0 Å². The number of thiazole rings is 1. The lowest BCUT2D eigenvalue weighted by molar-refractivity contribution is 0.0360. The van der Waals surface area contributed by atoms with Crippen molar-refractivity contribution in [2.45, 2.75) is 46.3 Å². The summed E-state index contributed by atoms with van der Waals surface area (Å²) in [5.41, 5.74) is 0.315. The Labute approximate surface area is 148 Å². The number of nitrogens with zero attached hydrogens (tertiary/aromatic N) is 2. The number of carbonyl (C=O) groups is 2. The number of rotatable bonds is 11. The number of hydrogen-bond acceptors (Lipinski definition) is 7. The Kier molecular flexibility index (Phi) is 9.17. The van der Waals surface area contributed by atoms with Crippen LogP contribution in [-0.4, -0.2) is 55.7 Å². The van der Waals surface area contributed by atoms with Gasteiger partial charge in [-0.3, -0.25) is 0 Å². The monoisotopic (exact) mass is 353 g/mol. The second-order valence-electron chi connectivity index (χ2n) is 5.73. The van der Waals surface area contributed by atoms with E-state index in [-0.39, 0.29) is 12.1 Å². The molecule has 24 heavy (non-hydrogen) atoms. The average molecular weight is 353 g/mol. The maximum atomic E-state index is 11.8. The van der Waals surface area contributed by atoms with Gasteiger partial charge in [-0.2, -0.15) is 0 Å². The van der Waals surface area contributed by atoms with E-state index in [2.05, 4.69) is 18.8 Å². The molecule has 0 saturated heterocycles. The van der Waals surface area contributed by atoms with Gasteiger partial charge < -0.3 is 19.1 Å². The van der Waals surface area contributed by atoms with Gasteiger partial charge in [0.05, 0.1) is 12.8 Å². The highest BCUT2D eigenvalue weighted by Crippen LogP contribution is 2.29. The largest absolute Gasteiger partial charge is 0.461 e. The van der Waals surface area contributed by atoms with Gasteiger partial charge in [0, 0.05) is 18.0 Å². The molecule has 133 valence electrons. The van der Waals surface area contributed by atoms with E-state index in [1.54, 1.807) is 12.3 Å². The van der Waals surface area contributed by atoms with Crippen LogP contribution in [0.5, 0.6) is 0 Å². The van der Waals surface area contributed by atoms with Gasteiger partial charge in [0.25, 0.3) is 7.41 Å². The van der Waals surface area contributed by atoms with Crippen LogP contribution in [0.25, 0.3) is 0 Å². The van der Waals surface area contributed by atoms with Crippen molar-refractivity contribution in [3.63, 3.8) is 0 Å². The third-order valence-electron chi connectivity index (χ3n) is 3.69. The Balaban J connectivity index is 2.92. The SMILES string of the molecule is CCOC(=O)c1csc(C(C[C@H](C(C)C)N(C)[B]C=O)OCC)n1. The van der Waals surface area contributed by atoms with E-state index in [0.29, 0.717) is 31.2 Å². The van der Waals surface area contributed by atoms with Gasteiger partial charge in [0.15, 0.2) is 5.69 Å². The predicted molar refractivity (Wildman–Crippen MR) is 95.9 cm³/mol. The minimum atomic E-state index is -0.415. The fraction of sp³-hybridized carbons (Fsp3) is 0.688. The van der Waals surface area contributed by atoms with Crippen LogP contribution < -0.4 is 0 Å². The average Bonchev–Trinajstić information content (AvgIpc) is 3.01. The zero-order chi connectivity index (χ0) is 18.1. The fourth-order valence-electron chi connectivity index (χ4n) is 2.51. The second-order valence-corrected chi connectivity index (χ2v) is 6.62. The molecule has 0 aliphatic rings. The van der Waals surface area contributed by atoms with Crippen molar-refractivity contribution >= 4 is 30.9 Å². The van der Waals surface area contributed by atoms with E-state index in [0.717, 1.165) is 11.2 Å². The lowest BCUT2D eigenvalue weighted by Crippen LogP contribution is -2.40. The van der Waals surface area contributed by atoms with Gasteiger partial charge in [-0.1, -0.05) is 13.8 Å². The summed E-state index contributed by atoms with van der Waals surface area (Å²) in [5.74, 6) is -0.0827. The van der Waals surface area contributed by atoms with Crippen LogP contribution in [0.4, 0.5) is 0 Å². The third kappa shape index (κ3) is 6.00. The summed E-state index contributed by atoms with van der Waals surface area (Å²) < 4.78 is 10.8. The standard InChI is InChI=1S/C16H26BN2O4S/c1-6-22-14(8-13(11(3)4)19(5)17-10-20)15-18-12(9-24-15)16(21)23-7-2/h9-11,13-14H,6-8H2,1-5H3/t13-,14?/m1/s1. The van der Waals surface area contributed by atoms with Gasteiger partial charge in [-0.15, -0.1) is 11.3 Å². The van der Waals surface area contributed by atoms with Crippen molar-refractivity contribution in [2.24, 2.45) is 5.92 Å². The summed E-state index contributed by atoms with van der Waals surface area (Å²) in [6.07, 6.45) is 1.24. The van der Waals surface area contributed by atoms with Crippen molar-refractivity contribution in [3.8, 4) is 0 Å². The highest BCUT2D eigenvalue weighted by atomic mass is 32.1. The van der Waals surface area contributed by atoms with Crippen LogP contribution in [-0.2, 0) is 14.3 Å². The lowest BCUT2D eigenvalue weighted by atomic mass is 9.86. The van der Waals surface area contributed by atoms with E-state index in [4.69, 9.17) is 9.47 Å². The summed E-state index contributed by atoms with van der Waals surface area (Å²) in [4.78, 5) is 28.9. The first-order valence-corrected chi connectivity index (χ1v) is 9.07. The van der Waals surface area contributed by atoms with E-state index in [1.807, 2.05) is 18.8 Å². The summed E-state index contributed by atoms with van der Waals surface area (Å²) in [7, 11) is 3.41. The van der Waals surface area contributed by atoms with Gasteiger partial charge >= 0.3 is 5.97 Å². The molecule has 0 N–H and O–H groups in total. The number of aromatic nitrogens is 1. The van der Waals surface area contributed by atoms with Crippen LogP contribution in [0.1, 0.15) is 55.7 Å². The molecule has 0 saturated carbocycles. The number of esters is 1. The van der Waals surface area contributed by atoms with Gasteiger partial charge in [0.2, 0.25) is 0 Å². The van der Waals surface area contributed by atoms with Gasteiger partial charge in [-0.25, -0.2) is 9.78 Å². The van der Waals surface area contributed by atoms with Gasteiger partial charge in [-0.05, 0) is 33.2 Å². The Morgan fingerprint density at radius 2 is 2.12 bits per heavy atom. The molecule has 1 rings (SSSR count). The molecule has 0 aromatic carbocycles. The van der Waals surface area contributed by atoms with Crippen molar-refractivity contribution in [1.29, 1.82) is 0 Å². The maximum Gasteiger partial charge on any atom is 0.357 e. The zero-order valence-corrected chi connectivity index (χ0v) is 15.8. The molecule has 0 amide bonds. The van der Waals surface area contributed by atoms with E-state index in [1.165, 1.54) is 18.8 Å². The van der Waals surface area contributed by atoms with Crippen LogP contribution in [0, 0.1) is 5.92 Å². The predicted octanol–water partition coefficient (Wildman–Crippen LogP) is 2.55. The lowest BCUT2D eigenvalue weighted by Gasteiger charge is -2.32. The van der Waals surface area contributed by atoms with Crippen LogP contribution in [0.2, 0.25) is 0 Å². The Morgan fingerprint density at radius 3 is 2.67 bits per heavy atom. The molecule has 0 spiro atoms. The third-order valence-corrected chi connectivity index (χ3v) is 4.63. The highest BCUT2D eigenvalue weighted by molar-refractivity contribution is 7.09. The molecule has 0 fully saturated rings. The molecule has 0 bridgehead atoms. The van der Waals surface area contributed by atoms with Crippen LogP contribution in [0.15, 0.2) is 5.38 Å². The molecule has 1 unspecified atom stereocenters. The van der Waals surface area contributed by atoms with Crippen molar-refractivity contribution in [1.82, 2.24) is 9.79 Å². The maximum absolute atomic E-state index is 11.8. The first kappa shape index (κ1) is 20.8. The summed E-state index contributed by atoms with van der Waals surface area (Å²) in [6, 6.07) is 0.127. The Morgan fingerprint density at radius 1 is 1.42 bits per heavy atom. The fourth-order valence-corrected chi connectivity index (χ4v) is 3.36. The normalized spacial score (nSPS) is 13.8. The minimum Gasteiger partial charge on any atom is -0.461 e. The van der Waals surface area contributed by atoms with E-state index < -0.39 is 5.97 Å². The molecular formula is C16H26BN2O4S. The summed E-state index contributed by atoms with van der Waals surface area (Å²) >= 11 is 1.40. The molecule has 2 atom stereocenters. The molecule has 0 aliphatic carbocycles. The molecule has 1 radical (unpaired) electrons. The van der Waals surface area contributed by atoms with Crippen molar-refractivity contribution < 1.29 is 19.1 Å². The van der Waals surface area contributed by atoms with Gasteiger partial charge in [0.1, 0.15) is 11.1 Å². The van der Waals surface area contributed by atoms with Crippen LogP contribution >= 0.6 is 11.3 Å². The Bertz CT molecular complexity index is 524. The number of carbonyl (C=O) groups excluding carboxylic acids is 2. The highest BCUT2D eigenvalue weighted by Gasteiger charge is 2.27. The van der Waals surface area contributed by atoms with Crippen molar-refractivity contribution in [3.05, 3.63) is 16.1 Å². The van der Waals surface area contributed by atoms with Crippen LogP contribution in [0.3, 0.4) is 0 Å². The number of hydrogen-bond donors (Lipinski definition) is 0. The first-order valence-electron chi connectivity index (χ1n) is 8.19. The number of ether oxygens (including phenoxy) is 2. The molecular weight excluding hydrogens is 327 g/mol. The smallest absolute Gasteiger partial charge is 0.357 e. The molecule has 1 heterocycles. The van der Waals surface area contributed by atoms with E-state index in [9.17, 15) is 9.59 Å². The topological polar surface area (TPSA) is 68.7 Å². The molecule has 1 aromatic heterocycles. The molecule has 6 nitrogen and oxygen atoms in total. The molecule has 0 aliphatic heterocycles. The summed E-state index contributed by atoms with van der Waals surface area (Å²) in [5, 5.41) is 2.45. The molecule has 8 heteroatoms. The minimum absolute atomic E-state index is 0.127. The van der Waals surface area contributed by atoms with Crippen molar-refractivity contribution in [2.75, 3.05) is 20.3 Å².